The largest absolute Gasteiger partial charge is 0.373 e. The van der Waals surface area contributed by atoms with Crippen molar-refractivity contribution in [3.8, 4) is 6.07 Å². The van der Waals surface area contributed by atoms with E-state index in [-0.39, 0.29) is 5.91 Å². The minimum atomic E-state index is -0.290. The van der Waals surface area contributed by atoms with Gasteiger partial charge in [-0.15, -0.1) is 0 Å². The van der Waals surface area contributed by atoms with Crippen LogP contribution in [0.1, 0.15) is 21.5 Å². The molecular formula is C15H14N4O. The molecule has 0 aliphatic rings. The Morgan fingerprint density at radius 1 is 1.30 bits per heavy atom. The van der Waals surface area contributed by atoms with Crippen molar-refractivity contribution in [2.45, 2.75) is 6.92 Å². The molecule has 5 heteroatoms. The number of hydrogen-bond donors (Lipinski definition) is 2. The number of pyridine rings is 1. The van der Waals surface area contributed by atoms with Crippen LogP contribution in [0, 0.1) is 18.3 Å². The minimum Gasteiger partial charge on any atom is -0.373 e. The van der Waals surface area contributed by atoms with Gasteiger partial charge in [-0.25, -0.2) is 4.98 Å². The number of carbonyl (C=O) groups excluding carboxylic acids is 1. The zero-order valence-corrected chi connectivity index (χ0v) is 11.3. The van der Waals surface area contributed by atoms with Crippen LogP contribution in [0.3, 0.4) is 0 Å². The van der Waals surface area contributed by atoms with Gasteiger partial charge >= 0.3 is 0 Å². The van der Waals surface area contributed by atoms with Crippen molar-refractivity contribution in [2.24, 2.45) is 0 Å². The Labute approximate surface area is 117 Å². The number of anilines is 2. The number of amides is 1. The maximum Gasteiger partial charge on any atom is 0.257 e. The summed E-state index contributed by atoms with van der Waals surface area (Å²) in [4.78, 5) is 16.2. The van der Waals surface area contributed by atoms with Gasteiger partial charge in [0.25, 0.3) is 5.91 Å². The average Bonchev–Trinajstić information content (AvgIpc) is 2.47. The summed E-state index contributed by atoms with van der Waals surface area (Å²) in [7, 11) is 1.76. The van der Waals surface area contributed by atoms with E-state index in [9.17, 15) is 4.79 Å². The lowest BCUT2D eigenvalue weighted by Crippen LogP contribution is -2.13. The van der Waals surface area contributed by atoms with Crippen LogP contribution in [0.25, 0.3) is 0 Å². The molecule has 0 aliphatic heterocycles. The van der Waals surface area contributed by atoms with E-state index in [1.807, 2.05) is 13.0 Å². The first-order valence-corrected chi connectivity index (χ1v) is 6.10. The van der Waals surface area contributed by atoms with Crippen LogP contribution in [0.5, 0.6) is 0 Å². The summed E-state index contributed by atoms with van der Waals surface area (Å²) in [6.07, 6.45) is 1.49. The Bertz CT molecular complexity index is 671. The van der Waals surface area contributed by atoms with Crippen LogP contribution in [0.2, 0.25) is 0 Å². The Kier molecular flexibility index (Phi) is 3.96. The highest BCUT2D eigenvalue weighted by molar-refractivity contribution is 6.04. The number of nitriles is 1. The molecule has 0 atom stereocenters. The quantitative estimate of drug-likeness (QED) is 0.895. The molecule has 0 bridgehead atoms. The molecule has 1 amide bonds. The van der Waals surface area contributed by atoms with Crippen molar-refractivity contribution in [1.82, 2.24) is 4.98 Å². The fourth-order valence-corrected chi connectivity index (χ4v) is 1.79. The van der Waals surface area contributed by atoms with E-state index in [1.54, 1.807) is 31.3 Å². The number of nitrogens with zero attached hydrogens (tertiary/aromatic N) is 2. The standard InChI is InChI=1S/C15H14N4O/c1-10-4-3-5-13(12(10)8-16)19-15(20)11-6-7-14(17-2)18-9-11/h3-7,9H,1-2H3,(H,17,18)(H,19,20). The van der Waals surface area contributed by atoms with E-state index in [4.69, 9.17) is 5.26 Å². The second-order valence-corrected chi connectivity index (χ2v) is 4.25. The Morgan fingerprint density at radius 3 is 2.70 bits per heavy atom. The number of rotatable bonds is 3. The molecule has 5 nitrogen and oxygen atoms in total. The Hall–Kier alpha value is -2.87. The van der Waals surface area contributed by atoms with Gasteiger partial charge in [0.15, 0.2) is 0 Å². The van der Waals surface area contributed by atoms with Crippen LogP contribution in [-0.2, 0) is 0 Å². The SMILES string of the molecule is CNc1ccc(C(=O)Nc2cccc(C)c2C#N)cn1. The van der Waals surface area contributed by atoms with Crippen LogP contribution in [0.4, 0.5) is 11.5 Å². The van der Waals surface area contributed by atoms with Crippen LogP contribution >= 0.6 is 0 Å². The van der Waals surface area contributed by atoms with E-state index in [0.717, 1.165) is 5.56 Å². The van der Waals surface area contributed by atoms with E-state index in [0.29, 0.717) is 22.6 Å². The lowest BCUT2D eigenvalue weighted by Gasteiger charge is -2.09. The van der Waals surface area contributed by atoms with Crippen molar-refractivity contribution >= 4 is 17.4 Å². The minimum absolute atomic E-state index is 0.290. The number of nitrogens with one attached hydrogen (secondary N) is 2. The van der Waals surface area contributed by atoms with Gasteiger partial charge in [-0.2, -0.15) is 5.26 Å². The molecule has 0 radical (unpaired) electrons. The molecule has 2 aromatic rings. The van der Waals surface area contributed by atoms with Crippen LogP contribution < -0.4 is 10.6 Å². The first kappa shape index (κ1) is 13.6. The second-order valence-electron chi connectivity index (χ2n) is 4.25. The molecule has 0 fully saturated rings. The monoisotopic (exact) mass is 266 g/mol. The van der Waals surface area contributed by atoms with Crippen molar-refractivity contribution in [1.29, 1.82) is 5.26 Å². The fourth-order valence-electron chi connectivity index (χ4n) is 1.79. The molecule has 0 saturated carbocycles. The summed E-state index contributed by atoms with van der Waals surface area (Å²) in [5, 5.41) is 14.7. The fraction of sp³-hybridized carbons (Fsp3) is 0.133. The molecule has 1 aromatic carbocycles. The zero-order chi connectivity index (χ0) is 14.5. The molecule has 1 aromatic heterocycles. The van der Waals surface area contributed by atoms with Gasteiger partial charge < -0.3 is 10.6 Å². The molecular weight excluding hydrogens is 252 g/mol. The van der Waals surface area contributed by atoms with Crippen molar-refractivity contribution < 1.29 is 4.79 Å². The maximum atomic E-state index is 12.1. The third kappa shape index (κ3) is 2.75. The van der Waals surface area contributed by atoms with Gasteiger partial charge in [-0.05, 0) is 30.7 Å². The lowest BCUT2D eigenvalue weighted by molar-refractivity contribution is 0.102. The Morgan fingerprint density at radius 2 is 2.10 bits per heavy atom. The number of carbonyl (C=O) groups is 1. The highest BCUT2D eigenvalue weighted by Crippen LogP contribution is 2.19. The number of aromatic nitrogens is 1. The number of hydrogen-bond acceptors (Lipinski definition) is 4. The highest BCUT2D eigenvalue weighted by Gasteiger charge is 2.10. The predicted molar refractivity (Wildman–Crippen MR) is 77.6 cm³/mol. The van der Waals surface area contributed by atoms with Gasteiger partial charge in [0.2, 0.25) is 0 Å². The van der Waals surface area contributed by atoms with Crippen LogP contribution in [-0.4, -0.2) is 17.9 Å². The molecule has 20 heavy (non-hydrogen) atoms. The average molecular weight is 266 g/mol. The van der Waals surface area contributed by atoms with E-state index < -0.39 is 0 Å². The predicted octanol–water partition coefficient (Wildman–Crippen LogP) is 2.56. The second kappa shape index (κ2) is 5.85. The summed E-state index contributed by atoms with van der Waals surface area (Å²) in [6.45, 7) is 1.83. The summed E-state index contributed by atoms with van der Waals surface area (Å²) >= 11 is 0. The normalized spacial score (nSPS) is 9.65. The van der Waals surface area contributed by atoms with Crippen molar-refractivity contribution in [3.63, 3.8) is 0 Å². The van der Waals surface area contributed by atoms with Crippen molar-refractivity contribution in [2.75, 3.05) is 17.7 Å². The molecule has 2 N–H and O–H groups in total. The molecule has 2 rings (SSSR count). The first-order valence-electron chi connectivity index (χ1n) is 6.10. The number of benzene rings is 1. The third-order valence-electron chi connectivity index (χ3n) is 2.91. The summed E-state index contributed by atoms with van der Waals surface area (Å²) in [6, 6.07) is 10.8. The van der Waals surface area contributed by atoms with Gasteiger partial charge in [0.1, 0.15) is 11.9 Å². The lowest BCUT2D eigenvalue weighted by atomic mass is 10.1. The third-order valence-corrected chi connectivity index (χ3v) is 2.91. The Balaban J connectivity index is 2.23. The smallest absolute Gasteiger partial charge is 0.257 e. The van der Waals surface area contributed by atoms with Crippen LogP contribution in [0.15, 0.2) is 36.5 Å². The zero-order valence-electron chi connectivity index (χ0n) is 11.3. The van der Waals surface area contributed by atoms with Gasteiger partial charge in [-0.3, -0.25) is 4.79 Å². The van der Waals surface area contributed by atoms with E-state index in [2.05, 4.69) is 21.7 Å². The number of aryl methyl sites for hydroxylation is 1. The molecule has 0 saturated heterocycles. The summed E-state index contributed by atoms with van der Waals surface area (Å²) in [5.41, 5.74) is 2.25. The van der Waals surface area contributed by atoms with Gasteiger partial charge in [-0.1, -0.05) is 12.1 Å². The van der Waals surface area contributed by atoms with Gasteiger partial charge in [0.05, 0.1) is 16.8 Å². The molecule has 0 spiro atoms. The topological polar surface area (TPSA) is 77.8 Å². The van der Waals surface area contributed by atoms with Crippen molar-refractivity contribution in [3.05, 3.63) is 53.2 Å². The maximum absolute atomic E-state index is 12.1. The molecule has 1 heterocycles. The van der Waals surface area contributed by atoms with E-state index >= 15 is 0 Å². The summed E-state index contributed by atoms with van der Waals surface area (Å²) in [5.74, 6) is 0.400. The molecule has 0 unspecified atom stereocenters. The first-order chi connectivity index (χ1) is 9.65. The van der Waals surface area contributed by atoms with Gasteiger partial charge in [0, 0.05) is 13.2 Å². The highest BCUT2D eigenvalue weighted by atomic mass is 16.1. The van der Waals surface area contributed by atoms with E-state index in [1.165, 1.54) is 6.20 Å². The molecule has 0 aliphatic carbocycles. The molecule has 100 valence electrons. The summed E-state index contributed by atoms with van der Waals surface area (Å²) < 4.78 is 0.